The number of carbonyl (C=O) groups is 1. The average molecular weight is 395 g/mol. The molecule has 3 aromatic rings. The van der Waals surface area contributed by atoms with Gasteiger partial charge in [-0.3, -0.25) is 24.1 Å². The highest BCUT2D eigenvalue weighted by atomic mass is 16.2. The average Bonchev–Trinajstić information content (AvgIpc) is 2.70. The molecule has 0 radical (unpaired) electrons. The van der Waals surface area contributed by atoms with Gasteiger partial charge in [-0.05, 0) is 37.5 Å². The van der Waals surface area contributed by atoms with Crippen molar-refractivity contribution in [3.63, 3.8) is 0 Å². The predicted octanol–water partition coefficient (Wildman–Crippen LogP) is 2.50. The minimum atomic E-state index is -0.615. The highest BCUT2D eigenvalue weighted by Gasteiger charge is 2.21. The number of hydrogen-bond acceptors (Lipinski definition) is 5. The summed E-state index contributed by atoms with van der Waals surface area (Å²) in [6.07, 6.45) is 2.34. The molecule has 0 aliphatic heterocycles. The zero-order valence-corrected chi connectivity index (χ0v) is 17.0. The molecule has 8 nitrogen and oxygen atoms in total. The first kappa shape index (κ1) is 20.4. The van der Waals surface area contributed by atoms with Gasteiger partial charge in [0.25, 0.3) is 11.5 Å². The number of pyridine rings is 2. The van der Waals surface area contributed by atoms with Crippen LogP contribution in [0.15, 0.2) is 40.1 Å². The van der Waals surface area contributed by atoms with E-state index in [1.54, 1.807) is 18.3 Å². The maximum Gasteiger partial charge on any atom is 0.329 e. The Morgan fingerprint density at radius 3 is 2.59 bits per heavy atom. The predicted molar refractivity (Wildman–Crippen MR) is 111 cm³/mol. The van der Waals surface area contributed by atoms with Crippen molar-refractivity contribution in [3.05, 3.63) is 68.3 Å². The van der Waals surface area contributed by atoms with E-state index in [4.69, 9.17) is 0 Å². The molecule has 0 aromatic carbocycles. The molecule has 0 spiro atoms. The third-order valence-electron chi connectivity index (χ3n) is 4.73. The summed E-state index contributed by atoms with van der Waals surface area (Å²) in [5, 5.41) is 3.01. The number of hydrogen-bond donors (Lipinski definition) is 2. The topological polar surface area (TPSA) is 110 Å². The molecule has 152 valence electrons. The summed E-state index contributed by atoms with van der Waals surface area (Å²) in [4.78, 5) is 49.2. The van der Waals surface area contributed by atoms with E-state index >= 15 is 0 Å². The first-order chi connectivity index (χ1) is 13.8. The van der Waals surface area contributed by atoms with Crippen molar-refractivity contribution in [1.29, 1.82) is 0 Å². The van der Waals surface area contributed by atoms with Crippen molar-refractivity contribution < 1.29 is 4.79 Å². The first-order valence-electron chi connectivity index (χ1n) is 9.73. The van der Waals surface area contributed by atoms with Crippen molar-refractivity contribution in [3.8, 4) is 0 Å². The number of H-pyrrole nitrogens is 1. The van der Waals surface area contributed by atoms with E-state index in [9.17, 15) is 14.4 Å². The summed E-state index contributed by atoms with van der Waals surface area (Å²) in [5.41, 5.74) is 0.653. The number of fused-ring (bicyclic) bond motifs is 1. The summed E-state index contributed by atoms with van der Waals surface area (Å²) in [5.74, 6) is -0.395. The minimum Gasteiger partial charge on any atom is -0.344 e. The molecule has 2 N–H and O–H groups in total. The molecule has 1 amide bonds. The van der Waals surface area contributed by atoms with Gasteiger partial charge < -0.3 is 5.32 Å². The highest BCUT2D eigenvalue weighted by molar-refractivity contribution is 6.05. The number of nitrogens with one attached hydrogen (secondary N) is 2. The lowest BCUT2D eigenvalue weighted by atomic mass is 10.0. The standard InChI is InChI=1S/C21H25N5O3/c1-5-10-26-18-17(20(28)25-21(26)29)14(11-16(24-18)12(2)3)19(27)23-13(4)15-8-6-7-9-22-15/h6-9,11-13H,5,10H2,1-4H3,(H,23,27)(H,25,28,29)/t13-/m0/s1. The molecule has 8 heteroatoms. The van der Waals surface area contributed by atoms with Crippen LogP contribution >= 0.6 is 0 Å². The van der Waals surface area contributed by atoms with Crippen LogP contribution in [0.1, 0.15) is 67.8 Å². The van der Waals surface area contributed by atoms with Gasteiger partial charge in [-0.15, -0.1) is 0 Å². The van der Waals surface area contributed by atoms with E-state index < -0.39 is 17.2 Å². The SMILES string of the molecule is CCCn1c(=O)[nH]c(=O)c2c(C(=O)N[C@@H](C)c3ccccn3)cc(C(C)C)nc21. The molecular weight excluding hydrogens is 370 g/mol. The number of nitrogens with zero attached hydrogens (tertiary/aromatic N) is 3. The van der Waals surface area contributed by atoms with E-state index in [1.165, 1.54) is 4.57 Å². The Balaban J connectivity index is 2.18. The molecule has 29 heavy (non-hydrogen) atoms. The molecule has 0 saturated carbocycles. The van der Waals surface area contributed by atoms with Gasteiger partial charge in [0.15, 0.2) is 5.65 Å². The highest BCUT2D eigenvalue weighted by Crippen LogP contribution is 2.21. The number of rotatable bonds is 6. The van der Waals surface area contributed by atoms with Crippen molar-refractivity contribution >= 4 is 16.9 Å². The van der Waals surface area contributed by atoms with Gasteiger partial charge in [-0.25, -0.2) is 9.78 Å². The Kier molecular flexibility index (Phi) is 5.91. The quantitative estimate of drug-likeness (QED) is 0.666. The van der Waals surface area contributed by atoms with E-state index in [2.05, 4.69) is 20.3 Å². The van der Waals surface area contributed by atoms with Crippen LogP contribution in [0, 0.1) is 0 Å². The van der Waals surface area contributed by atoms with Crippen LogP contribution in [0.2, 0.25) is 0 Å². The zero-order valence-electron chi connectivity index (χ0n) is 17.0. The van der Waals surface area contributed by atoms with E-state index in [1.807, 2.05) is 39.8 Å². The second-order valence-corrected chi connectivity index (χ2v) is 7.31. The third-order valence-corrected chi connectivity index (χ3v) is 4.73. The summed E-state index contributed by atoms with van der Waals surface area (Å²) in [7, 11) is 0. The molecule has 3 aromatic heterocycles. The van der Waals surface area contributed by atoms with Crippen LogP contribution in [0.4, 0.5) is 0 Å². The van der Waals surface area contributed by atoms with Crippen molar-refractivity contribution in [1.82, 2.24) is 24.8 Å². The Morgan fingerprint density at radius 1 is 1.21 bits per heavy atom. The smallest absolute Gasteiger partial charge is 0.329 e. The second kappa shape index (κ2) is 8.38. The number of aryl methyl sites for hydroxylation is 1. The van der Waals surface area contributed by atoms with Crippen molar-refractivity contribution in [2.45, 2.75) is 52.6 Å². The normalized spacial score (nSPS) is 12.3. The Morgan fingerprint density at radius 2 is 1.97 bits per heavy atom. The first-order valence-corrected chi connectivity index (χ1v) is 9.73. The molecule has 0 bridgehead atoms. The molecule has 3 rings (SSSR count). The molecular formula is C21H25N5O3. The van der Waals surface area contributed by atoms with Gasteiger partial charge in [0.1, 0.15) is 0 Å². The van der Waals surface area contributed by atoms with Crippen LogP contribution in [0.5, 0.6) is 0 Å². The molecule has 0 saturated heterocycles. The summed E-state index contributed by atoms with van der Waals surface area (Å²) >= 11 is 0. The largest absolute Gasteiger partial charge is 0.344 e. The fourth-order valence-corrected chi connectivity index (χ4v) is 3.18. The lowest BCUT2D eigenvalue weighted by Crippen LogP contribution is -2.34. The van der Waals surface area contributed by atoms with Gasteiger partial charge in [0.2, 0.25) is 0 Å². The third kappa shape index (κ3) is 4.11. The van der Waals surface area contributed by atoms with Crippen molar-refractivity contribution in [2.24, 2.45) is 0 Å². The van der Waals surface area contributed by atoms with Gasteiger partial charge >= 0.3 is 5.69 Å². The lowest BCUT2D eigenvalue weighted by Gasteiger charge is -2.17. The van der Waals surface area contributed by atoms with Gasteiger partial charge in [0, 0.05) is 18.4 Å². The molecule has 3 heterocycles. The number of aromatic amines is 1. The minimum absolute atomic E-state index is 0.0172. The Bertz CT molecular complexity index is 1150. The lowest BCUT2D eigenvalue weighted by molar-refractivity contribution is 0.0940. The maximum atomic E-state index is 13.1. The van der Waals surface area contributed by atoms with Gasteiger partial charge in [-0.2, -0.15) is 0 Å². The van der Waals surface area contributed by atoms with Crippen LogP contribution in [0.25, 0.3) is 11.0 Å². The Hall–Kier alpha value is -3.29. The van der Waals surface area contributed by atoms with Crippen molar-refractivity contribution in [2.75, 3.05) is 0 Å². The summed E-state index contributed by atoms with van der Waals surface area (Å²) in [6.45, 7) is 8.04. The molecule has 0 aliphatic carbocycles. The van der Waals surface area contributed by atoms with Crippen LogP contribution < -0.4 is 16.6 Å². The second-order valence-electron chi connectivity index (χ2n) is 7.31. The maximum absolute atomic E-state index is 13.1. The number of aromatic nitrogens is 4. The van der Waals surface area contributed by atoms with E-state index in [-0.39, 0.29) is 28.6 Å². The zero-order chi connectivity index (χ0) is 21.1. The molecule has 0 unspecified atom stereocenters. The van der Waals surface area contributed by atoms with E-state index in [0.29, 0.717) is 24.4 Å². The number of amides is 1. The van der Waals surface area contributed by atoms with Gasteiger partial charge in [-0.1, -0.05) is 26.8 Å². The molecule has 0 fully saturated rings. The fraction of sp³-hybridized carbons (Fsp3) is 0.381. The van der Waals surface area contributed by atoms with E-state index in [0.717, 1.165) is 0 Å². The van der Waals surface area contributed by atoms with Crippen LogP contribution in [-0.2, 0) is 6.54 Å². The number of carbonyl (C=O) groups excluding carboxylic acids is 1. The molecule has 0 aliphatic rings. The van der Waals surface area contributed by atoms with Crippen LogP contribution in [0.3, 0.4) is 0 Å². The fourth-order valence-electron chi connectivity index (χ4n) is 3.18. The summed E-state index contributed by atoms with van der Waals surface area (Å²) in [6, 6.07) is 6.74. The summed E-state index contributed by atoms with van der Waals surface area (Å²) < 4.78 is 1.42. The molecule has 1 atom stereocenters. The Labute approximate surface area is 168 Å². The van der Waals surface area contributed by atoms with Crippen LogP contribution in [-0.4, -0.2) is 25.4 Å². The van der Waals surface area contributed by atoms with Gasteiger partial charge in [0.05, 0.1) is 22.7 Å². The monoisotopic (exact) mass is 395 g/mol.